The highest BCUT2D eigenvalue weighted by molar-refractivity contribution is 7.99. The van der Waals surface area contributed by atoms with Gasteiger partial charge in [-0.2, -0.15) is 11.8 Å². The normalized spacial score (nSPS) is 15.9. The lowest BCUT2D eigenvalue weighted by Crippen LogP contribution is -2.27. The summed E-state index contributed by atoms with van der Waals surface area (Å²) in [6, 6.07) is 7.68. The Morgan fingerprint density at radius 1 is 1.38 bits per heavy atom. The van der Waals surface area contributed by atoms with Gasteiger partial charge in [0.05, 0.1) is 0 Å². The van der Waals surface area contributed by atoms with Gasteiger partial charge < -0.3 is 10.1 Å². The van der Waals surface area contributed by atoms with Gasteiger partial charge in [-0.05, 0) is 37.0 Å². The van der Waals surface area contributed by atoms with Crippen molar-refractivity contribution in [3.8, 4) is 0 Å². The molecule has 116 valence electrons. The fourth-order valence-corrected chi connectivity index (χ4v) is 3.59. The van der Waals surface area contributed by atoms with E-state index in [0.29, 0.717) is 11.7 Å². The summed E-state index contributed by atoms with van der Waals surface area (Å²) in [4.78, 5) is 11.8. The minimum atomic E-state index is 0.113. The van der Waals surface area contributed by atoms with E-state index < -0.39 is 0 Å². The summed E-state index contributed by atoms with van der Waals surface area (Å²) in [6.45, 7) is 2.50. The van der Waals surface area contributed by atoms with Crippen molar-refractivity contribution >= 4 is 29.3 Å². The van der Waals surface area contributed by atoms with Crippen LogP contribution >= 0.6 is 23.4 Å². The molecule has 0 atom stereocenters. The fourth-order valence-electron chi connectivity index (χ4n) is 2.30. The van der Waals surface area contributed by atoms with Gasteiger partial charge in [0.25, 0.3) is 0 Å². The third kappa shape index (κ3) is 6.72. The van der Waals surface area contributed by atoms with Crippen LogP contribution < -0.4 is 5.32 Å². The summed E-state index contributed by atoms with van der Waals surface area (Å²) < 4.78 is 5.33. The summed E-state index contributed by atoms with van der Waals surface area (Å²) in [6.07, 6.45) is 3.52. The van der Waals surface area contributed by atoms with E-state index >= 15 is 0 Å². The zero-order chi connectivity index (χ0) is 14.9. The SMILES string of the molecule is O=C(CCc1cccc(Cl)c1)NCCSC1CCOCC1. The number of thioether (sulfide) groups is 1. The van der Waals surface area contributed by atoms with Crippen LogP contribution in [0.5, 0.6) is 0 Å². The molecular weight excluding hydrogens is 306 g/mol. The van der Waals surface area contributed by atoms with Crippen LogP contribution in [0.1, 0.15) is 24.8 Å². The average Bonchev–Trinajstić information content (AvgIpc) is 2.51. The molecule has 0 aliphatic carbocycles. The number of aryl methyl sites for hydroxylation is 1. The molecule has 1 saturated heterocycles. The molecular formula is C16H22ClNO2S. The van der Waals surface area contributed by atoms with E-state index in [9.17, 15) is 4.79 Å². The zero-order valence-electron chi connectivity index (χ0n) is 12.1. The molecule has 0 spiro atoms. The lowest BCUT2D eigenvalue weighted by molar-refractivity contribution is -0.120. The molecule has 21 heavy (non-hydrogen) atoms. The summed E-state index contributed by atoms with van der Waals surface area (Å²) >= 11 is 7.87. The van der Waals surface area contributed by atoms with Gasteiger partial charge in [0, 0.05) is 42.2 Å². The number of ether oxygens (including phenoxy) is 1. The molecule has 1 amide bonds. The maximum absolute atomic E-state index is 11.8. The quantitative estimate of drug-likeness (QED) is 0.781. The van der Waals surface area contributed by atoms with E-state index in [1.54, 1.807) is 0 Å². The molecule has 3 nitrogen and oxygen atoms in total. The van der Waals surface area contributed by atoms with Crippen molar-refractivity contribution in [3.63, 3.8) is 0 Å². The standard InChI is InChI=1S/C16H22ClNO2S/c17-14-3-1-2-13(12-14)4-5-16(19)18-8-11-21-15-6-9-20-10-7-15/h1-3,12,15H,4-11H2,(H,18,19). The Kier molecular flexibility index (Phi) is 7.41. The second kappa shape index (κ2) is 9.34. The van der Waals surface area contributed by atoms with Crippen molar-refractivity contribution in [1.29, 1.82) is 0 Å². The Hall–Kier alpha value is -0.710. The first kappa shape index (κ1) is 16.7. The molecule has 1 N–H and O–H groups in total. The first-order chi connectivity index (χ1) is 10.2. The minimum Gasteiger partial charge on any atom is -0.381 e. The first-order valence-electron chi connectivity index (χ1n) is 7.44. The van der Waals surface area contributed by atoms with E-state index in [0.717, 1.165) is 55.4 Å². The largest absolute Gasteiger partial charge is 0.381 e. The highest BCUT2D eigenvalue weighted by Gasteiger charge is 2.13. The van der Waals surface area contributed by atoms with Crippen molar-refractivity contribution in [2.45, 2.75) is 30.9 Å². The monoisotopic (exact) mass is 327 g/mol. The van der Waals surface area contributed by atoms with Crippen LogP contribution in [0.15, 0.2) is 24.3 Å². The molecule has 1 aromatic rings. The summed E-state index contributed by atoms with van der Waals surface area (Å²) in [5.41, 5.74) is 1.11. The van der Waals surface area contributed by atoms with E-state index in [-0.39, 0.29) is 5.91 Å². The van der Waals surface area contributed by atoms with Crippen LogP contribution in [0.3, 0.4) is 0 Å². The highest BCUT2D eigenvalue weighted by atomic mass is 35.5. The van der Waals surface area contributed by atoms with Gasteiger partial charge in [-0.3, -0.25) is 4.79 Å². The molecule has 0 unspecified atom stereocenters. The summed E-state index contributed by atoms with van der Waals surface area (Å²) in [5, 5.41) is 4.40. The van der Waals surface area contributed by atoms with Crippen LogP contribution in [-0.2, 0) is 16.0 Å². The van der Waals surface area contributed by atoms with Crippen molar-refractivity contribution in [3.05, 3.63) is 34.9 Å². The van der Waals surface area contributed by atoms with E-state index in [4.69, 9.17) is 16.3 Å². The van der Waals surface area contributed by atoms with Crippen LogP contribution in [0, 0.1) is 0 Å². The predicted molar refractivity (Wildman–Crippen MR) is 89.1 cm³/mol. The van der Waals surface area contributed by atoms with Gasteiger partial charge >= 0.3 is 0 Å². The molecule has 1 aromatic carbocycles. The maximum atomic E-state index is 11.8. The number of carbonyl (C=O) groups is 1. The zero-order valence-corrected chi connectivity index (χ0v) is 13.7. The van der Waals surface area contributed by atoms with Gasteiger partial charge in [-0.15, -0.1) is 0 Å². The average molecular weight is 328 g/mol. The number of rotatable bonds is 7. The highest BCUT2D eigenvalue weighted by Crippen LogP contribution is 2.21. The molecule has 0 radical (unpaired) electrons. The Morgan fingerprint density at radius 2 is 2.19 bits per heavy atom. The third-order valence-electron chi connectivity index (χ3n) is 3.48. The van der Waals surface area contributed by atoms with Gasteiger partial charge in [0.15, 0.2) is 0 Å². The van der Waals surface area contributed by atoms with Crippen LogP contribution in [0.4, 0.5) is 0 Å². The van der Waals surface area contributed by atoms with Crippen molar-refractivity contribution in [1.82, 2.24) is 5.32 Å². The second-order valence-corrected chi connectivity index (χ2v) is 7.01. The molecule has 2 rings (SSSR count). The number of carbonyl (C=O) groups excluding carboxylic acids is 1. The van der Waals surface area contributed by atoms with Crippen molar-refractivity contribution in [2.24, 2.45) is 0 Å². The van der Waals surface area contributed by atoms with Gasteiger partial charge in [0.1, 0.15) is 0 Å². The minimum absolute atomic E-state index is 0.113. The number of benzene rings is 1. The molecule has 0 bridgehead atoms. The van der Waals surface area contributed by atoms with E-state index in [2.05, 4.69) is 5.32 Å². The van der Waals surface area contributed by atoms with Gasteiger partial charge in [-0.1, -0.05) is 23.7 Å². The van der Waals surface area contributed by atoms with Crippen LogP contribution in [0.25, 0.3) is 0 Å². The predicted octanol–water partition coefficient (Wildman–Crippen LogP) is 3.30. The van der Waals surface area contributed by atoms with Crippen LogP contribution in [0.2, 0.25) is 5.02 Å². The molecule has 1 heterocycles. The number of nitrogens with one attached hydrogen (secondary N) is 1. The molecule has 1 aliphatic heterocycles. The third-order valence-corrected chi connectivity index (χ3v) is 5.09. The second-order valence-electron chi connectivity index (χ2n) is 5.16. The molecule has 0 saturated carbocycles. The Morgan fingerprint density at radius 3 is 2.95 bits per heavy atom. The molecule has 1 fully saturated rings. The Bertz CT molecular complexity index is 450. The summed E-state index contributed by atoms with van der Waals surface area (Å²) in [5.74, 6) is 1.09. The van der Waals surface area contributed by atoms with Gasteiger partial charge in [0.2, 0.25) is 5.91 Å². The van der Waals surface area contributed by atoms with E-state index in [1.807, 2.05) is 36.0 Å². The number of amides is 1. The van der Waals surface area contributed by atoms with Gasteiger partial charge in [-0.25, -0.2) is 0 Å². The van der Waals surface area contributed by atoms with Crippen molar-refractivity contribution in [2.75, 3.05) is 25.5 Å². The smallest absolute Gasteiger partial charge is 0.220 e. The topological polar surface area (TPSA) is 38.3 Å². The lowest BCUT2D eigenvalue weighted by Gasteiger charge is -2.21. The maximum Gasteiger partial charge on any atom is 0.220 e. The lowest BCUT2D eigenvalue weighted by atomic mass is 10.1. The number of hydrogen-bond donors (Lipinski definition) is 1. The molecule has 5 heteroatoms. The molecule has 1 aliphatic rings. The van der Waals surface area contributed by atoms with Crippen LogP contribution in [-0.4, -0.2) is 36.7 Å². The number of halogens is 1. The first-order valence-corrected chi connectivity index (χ1v) is 8.87. The summed E-state index contributed by atoms with van der Waals surface area (Å²) in [7, 11) is 0. The Balaban J connectivity index is 1.55. The Labute approximate surface area is 135 Å². The van der Waals surface area contributed by atoms with E-state index in [1.165, 1.54) is 0 Å². The molecule has 0 aromatic heterocycles. The van der Waals surface area contributed by atoms with Crippen molar-refractivity contribution < 1.29 is 9.53 Å². The number of hydrogen-bond acceptors (Lipinski definition) is 3. The fraction of sp³-hybridized carbons (Fsp3) is 0.562.